The molecular weight excluding hydrogens is 330 g/mol. The fourth-order valence-electron chi connectivity index (χ4n) is 2.84. The van der Waals surface area contributed by atoms with Crippen molar-refractivity contribution < 1.29 is 14.3 Å². The Hall–Kier alpha value is -3.28. The average molecular weight is 349 g/mol. The summed E-state index contributed by atoms with van der Waals surface area (Å²) in [6.45, 7) is 1.61. The monoisotopic (exact) mass is 349 g/mol. The van der Waals surface area contributed by atoms with E-state index in [0.717, 1.165) is 17.7 Å². The molecule has 0 saturated carbocycles. The highest BCUT2D eigenvalue weighted by molar-refractivity contribution is 5.94. The van der Waals surface area contributed by atoms with E-state index in [9.17, 15) is 4.79 Å². The summed E-state index contributed by atoms with van der Waals surface area (Å²) < 4.78 is 12.8. The number of ether oxygens (including phenoxy) is 2. The zero-order chi connectivity index (χ0) is 17.8. The maximum atomic E-state index is 12.3. The lowest BCUT2D eigenvalue weighted by atomic mass is 10.1. The molecule has 0 radical (unpaired) electrons. The van der Waals surface area contributed by atoms with Crippen LogP contribution in [0, 0.1) is 0 Å². The largest absolute Gasteiger partial charge is 0.486 e. The molecule has 0 fully saturated rings. The van der Waals surface area contributed by atoms with E-state index in [1.807, 2.05) is 41.2 Å². The number of rotatable bonds is 5. The molecule has 1 N–H and O–H groups in total. The fraction of sp³-hybridized carbons (Fsp3) is 0.200. The van der Waals surface area contributed by atoms with Gasteiger partial charge < -0.3 is 14.8 Å². The van der Waals surface area contributed by atoms with Crippen molar-refractivity contribution >= 4 is 5.91 Å². The number of fused-ring (bicyclic) bond motifs is 1. The van der Waals surface area contributed by atoms with Crippen molar-refractivity contribution in [3.8, 4) is 17.2 Å². The lowest BCUT2D eigenvalue weighted by Gasteiger charge is -2.18. The number of aromatic nitrogens is 2. The Balaban J connectivity index is 1.32. The van der Waals surface area contributed by atoms with Crippen molar-refractivity contribution in [1.29, 1.82) is 0 Å². The maximum absolute atomic E-state index is 12.3. The molecule has 0 aliphatic carbocycles. The van der Waals surface area contributed by atoms with Gasteiger partial charge in [-0.15, -0.1) is 0 Å². The Morgan fingerprint density at radius 3 is 2.65 bits per heavy atom. The van der Waals surface area contributed by atoms with Gasteiger partial charge in [-0.25, -0.2) is 4.68 Å². The first-order valence-electron chi connectivity index (χ1n) is 8.56. The van der Waals surface area contributed by atoms with Gasteiger partial charge in [0.15, 0.2) is 11.5 Å². The molecule has 1 aliphatic rings. The van der Waals surface area contributed by atoms with Gasteiger partial charge in [-0.3, -0.25) is 4.79 Å². The Morgan fingerprint density at radius 2 is 1.88 bits per heavy atom. The second kappa shape index (κ2) is 7.31. The highest BCUT2D eigenvalue weighted by Crippen LogP contribution is 2.30. The Bertz CT molecular complexity index is 889. The zero-order valence-electron chi connectivity index (χ0n) is 14.2. The summed E-state index contributed by atoms with van der Waals surface area (Å²) in [6.07, 6.45) is 4.42. The Labute approximate surface area is 151 Å². The van der Waals surface area contributed by atoms with Crippen LogP contribution >= 0.6 is 0 Å². The highest BCUT2D eigenvalue weighted by atomic mass is 16.6. The first kappa shape index (κ1) is 16.2. The van der Waals surface area contributed by atoms with Gasteiger partial charge in [0.1, 0.15) is 13.2 Å². The van der Waals surface area contributed by atoms with Gasteiger partial charge in [0.05, 0.1) is 5.69 Å². The van der Waals surface area contributed by atoms with Gasteiger partial charge in [0, 0.05) is 24.5 Å². The van der Waals surface area contributed by atoms with E-state index in [1.165, 1.54) is 0 Å². The van der Waals surface area contributed by atoms with Crippen LogP contribution in [0.1, 0.15) is 15.9 Å². The van der Waals surface area contributed by atoms with Crippen molar-refractivity contribution in [2.45, 2.75) is 6.42 Å². The third-order valence-corrected chi connectivity index (χ3v) is 4.21. The molecule has 0 spiro atoms. The summed E-state index contributed by atoms with van der Waals surface area (Å²) in [4.78, 5) is 12.3. The molecule has 1 aliphatic heterocycles. The molecule has 2 aromatic carbocycles. The minimum atomic E-state index is -0.116. The summed E-state index contributed by atoms with van der Waals surface area (Å²) >= 11 is 0. The molecule has 4 rings (SSSR count). The number of carbonyl (C=O) groups is 1. The molecule has 2 heterocycles. The van der Waals surface area contributed by atoms with E-state index in [2.05, 4.69) is 10.4 Å². The summed E-state index contributed by atoms with van der Waals surface area (Å²) in [6, 6.07) is 15.3. The first-order valence-corrected chi connectivity index (χ1v) is 8.56. The molecule has 1 amide bonds. The van der Waals surface area contributed by atoms with Crippen LogP contribution in [-0.4, -0.2) is 35.4 Å². The molecule has 1 aromatic heterocycles. The standard InChI is InChI=1S/C20H19N3O3/c24-20(16-4-7-18-19(14-16)26-13-12-25-18)21-10-8-15-2-5-17(6-3-15)23-11-1-9-22-23/h1-7,9,11,14H,8,10,12-13H2,(H,21,24). The molecule has 3 aromatic rings. The van der Waals surface area contributed by atoms with Crippen LogP contribution in [0.2, 0.25) is 0 Å². The van der Waals surface area contributed by atoms with Gasteiger partial charge in [-0.05, 0) is 48.4 Å². The van der Waals surface area contributed by atoms with E-state index in [4.69, 9.17) is 9.47 Å². The molecule has 0 saturated heterocycles. The molecule has 132 valence electrons. The lowest BCUT2D eigenvalue weighted by Crippen LogP contribution is -2.26. The second-order valence-corrected chi connectivity index (χ2v) is 5.98. The number of nitrogens with one attached hydrogen (secondary N) is 1. The number of nitrogens with zero attached hydrogens (tertiary/aromatic N) is 2. The van der Waals surface area contributed by atoms with Crippen LogP contribution in [0.15, 0.2) is 60.9 Å². The third-order valence-electron chi connectivity index (χ3n) is 4.21. The van der Waals surface area contributed by atoms with Crippen molar-refractivity contribution in [2.24, 2.45) is 0 Å². The number of amides is 1. The molecule has 26 heavy (non-hydrogen) atoms. The van der Waals surface area contributed by atoms with E-state index < -0.39 is 0 Å². The average Bonchev–Trinajstić information content (AvgIpc) is 3.23. The van der Waals surface area contributed by atoms with Crippen LogP contribution in [0.3, 0.4) is 0 Å². The lowest BCUT2D eigenvalue weighted by molar-refractivity contribution is 0.0953. The molecule has 6 heteroatoms. The van der Waals surface area contributed by atoms with Crippen LogP contribution < -0.4 is 14.8 Å². The van der Waals surface area contributed by atoms with Gasteiger partial charge in [-0.1, -0.05) is 12.1 Å². The van der Waals surface area contributed by atoms with E-state index >= 15 is 0 Å². The van der Waals surface area contributed by atoms with Crippen LogP contribution in [0.5, 0.6) is 11.5 Å². The highest BCUT2D eigenvalue weighted by Gasteiger charge is 2.14. The topological polar surface area (TPSA) is 65.4 Å². The summed E-state index contributed by atoms with van der Waals surface area (Å²) in [5, 5.41) is 7.15. The zero-order valence-corrected chi connectivity index (χ0v) is 14.2. The normalized spacial score (nSPS) is 12.6. The predicted molar refractivity (Wildman–Crippen MR) is 97.0 cm³/mol. The molecule has 0 unspecified atom stereocenters. The molecular formula is C20H19N3O3. The van der Waals surface area contributed by atoms with Crippen LogP contribution in [0.25, 0.3) is 5.69 Å². The quantitative estimate of drug-likeness (QED) is 0.769. The van der Waals surface area contributed by atoms with Gasteiger partial charge >= 0.3 is 0 Å². The number of hydrogen-bond donors (Lipinski definition) is 1. The van der Waals surface area contributed by atoms with E-state index in [0.29, 0.717) is 36.8 Å². The second-order valence-electron chi connectivity index (χ2n) is 5.98. The molecule has 0 atom stereocenters. The minimum absolute atomic E-state index is 0.116. The van der Waals surface area contributed by atoms with Gasteiger partial charge in [-0.2, -0.15) is 5.10 Å². The Morgan fingerprint density at radius 1 is 1.08 bits per heavy atom. The molecule has 0 bridgehead atoms. The van der Waals surface area contributed by atoms with Gasteiger partial charge in [0.25, 0.3) is 5.91 Å². The number of benzene rings is 2. The van der Waals surface area contributed by atoms with Crippen molar-refractivity contribution in [3.63, 3.8) is 0 Å². The number of hydrogen-bond acceptors (Lipinski definition) is 4. The van der Waals surface area contributed by atoms with Crippen molar-refractivity contribution in [3.05, 3.63) is 72.1 Å². The van der Waals surface area contributed by atoms with Crippen LogP contribution in [-0.2, 0) is 6.42 Å². The molecule has 6 nitrogen and oxygen atoms in total. The predicted octanol–water partition coefficient (Wildman–Crippen LogP) is 2.62. The first-order chi connectivity index (χ1) is 12.8. The van der Waals surface area contributed by atoms with Crippen molar-refractivity contribution in [2.75, 3.05) is 19.8 Å². The fourth-order valence-corrected chi connectivity index (χ4v) is 2.84. The SMILES string of the molecule is O=C(NCCc1ccc(-n2cccn2)cc1)c1ccc2c(c1)OCCO2. The Kier molecular flexibility index (Phi) is 4.55. The van der Waals surface area contributed by atoms with Crippen LogP contribution in [0.4, 0.5) is 0 Å². The minimum Gasteiger partial charge on any atom is -0.486 e. The van der Waals surface area contributed by atoms with Gasteiger partial charge in [0.2, 0.25) is 0 Å². The van der Waals surface area contributed by atoms with E-state index in [1.54, 1.807) is 24.4 Å². The maximum Gasteiger partial charge on any atom is 0.251 e. The smallest absolute Gasteiger partial charge is 0.251 e. The third kappa shape index (κ3) is 3.54. The summed E-state index contributed by atoms with van der Waals surface area (Å²) in [5.41, 5.74) is 2.74. The summed E-state index contributed by atoms with van der Waals surface area (Å²) in [7, 11) is 0. The van der Waals surface area contributed by atoms with E-state index in [-0.39, 0.29) is 5.91 Å². The summed E-state index contributed by atoms with van der Waals surface area (Å²) in [5.74, 6) is 1.19. The number of carbonyl (C=O) groups excluding carboxylic acids is 1. The van der Waals surface area contributed by atoms with Crippen molar-refractivity contribution in [1.82, 2.24) is 15.1 Å².